The zero-order valence-corrected chi connectivity index (χ0v) is 24.0. The highest BCUT2D eigenvalue weighted by Crippen LogP contribution is 2.25. The predicted molar refractivity (Wildman–Crippen MR) is 158 cm³/mol. The van der Waals surface area contributed by atoms with Crippen molar-refractivity contribution in [3.05, 3.63) is 42.6 Å². The van der Waals surface area contributed by atoms with Crippen LogP contribution in [0.2, 0.25) is 0 Å². The second-order valence-electron chi connectivity index (χ2n) is 10.5. The monoisotopic (exact) mass is 562 g/mol. The Morgan fingerprint density at radius 2 is 1.68 bits per heavy atom. The van der Waals surface area contributed by atoms with E-state index in [1.807, 2.05) is 48.2 Å². The molecule has 0 radical (unpaired) electrons. The molecule has 13 heteroatoms. The maximum Gasteiger partial charge on any atom is 0.409 e. The average molecular weight is 563 g/mol. The number of nitrogens with two attached hydrogens (primary N) is 1. The molecule has 2 atom stereocenters. The van der Waals surface area contributed by atoms with Gasteiger partial charge in [-0.25, -0.2) is 9.78 Å². The van der Waals surface area contributed by atoms with Crippen LogP contribution in [-0.4, -0.2) is 99.5 Å². The number of amides is 2. The van der Waals surface area contributed by atoms with Crippen LogP contribution in [0.15, 0.2) is 42.6 Å². The molecule has 0 unspecified atom stereocenters. The van der Waals surface area contributed by atoms with E-state index < -0.39 is 0 Å². The van der Waals surface area contributed by atoms with E-state index in [0.717, 1.165) is 36.0 Å². The number of hydrogen-bond donors (Lipinski definition) is 2. The number of carbonyl (C=O) groups is 2. The fourth-order valence-corrected chi connectivity index (χ4v) is 5.66. The van der Waals surface area contributed by atoms with E-state index in [1.54, 1.807) is 22.7 Å². The van der Waals surface area contributed by atoms with Gasteiger partial charge in [0.15, 0.2) is 0 Å². The van der Waals surface area contributed by atoms with Crippen LogP contribution in [0, 0.1) is 0 Å². The minimum Gasteiger partial charge on any atom is -0.450 e. The summed E-state index contributed by atoms with van der Waals surface area (Å²) in [6, 6.07) is 11.9. The number of piperazine rings is 2. The van der Waals surface area contributed by atoms with E-state index in [0.29, 0.717) is 38.7 Å². The number of pyridine rings is 1. The summed E-state index contributed by atoms with van der Waals surface area (Å²) >= 11 is 0. The Bertz CT molecular complexity index is 1360. The molecule has 3 aromatic rings. The van der Waals surface area contributed by atoms with Gasteiger partial charge in [-0.1, -0.05) is 0 Å². The molecule has 41 heavy (non-hydrogen) atoms. The van der Waals surface area contributed by atoms with Gasteiger partial charge < -0.3 is 35.4 Å². The van der Waals surface area contributed by atoms with E-state index in [-0.39, 0.29) is 30.0 Å². The number of anilines is 5. The van der Waals surface area contributed by atoms with E-state index in [9.17, 15) is 9.59 Å². The molecular formula is C28H38N10O3. The number of benzene rings is 1. The van der Waals surface area contributed by atoms with Gasteiger partial charge in [0.1, 0.15) is 5.82 Å². The van der Waals surface area contributed by atoms with Gasteiger partial charge in [0.2, 0.25) is 17.8 Å². The maximum absolute atomic E-state index is 12.0. The minimum atomic E-state index is -0.252. The van der Waals surface area contributed by atoms with Crippen molar-refractivity contribution in [2.24, 2.45) is 0 Å². The summed E-state index contributed by atoms with van der Waals surface area (Å²) in [6.07, 6.45) is 1.48. The number of nitrogens with zero attached hydrogens (tertiary/aromatic N) is 8. The molecule has 2 fully saturated rings. The summed E-state index contributed by atoms with van der Waals surface area (Å²) < 4.78 is 6.69. The van der Waals surface area contributed by atoms with Gasteiger partial charge >= 0.3 is 6.09 Å². The zero-order chi connectivity index (χ0) is 29.1. The molecule has 2 aliphatic rings. The first-order chi connectivity index (χ1) is 19.7. The molecule has 2 aliphatic heterocycles. The summed E-state index contributed by atoms with van der Waals surface area (Å²) in [5.41, 5.74) is 8.91. The Hall–Kier alpha value is -4.55. The standard InChI is InChI=1S/C28H38N10O3/c1-5-41-28(40)35-14-12-34(13-15-35)23-8-6-22(7-9-23)31-27-32-26(29)38(33-27)24-10-11-30-25(16-24)36-17-19(2)37(21(4)39)20(3)18-36/h6-11,16,19-20H,5,12-15,17-18H2,1-4H3,(H3,29,31,32,33)/t19-,20+. The van der Waals surface area contributed by atoms with Crippen LogP contribution in [0.1, 0.15) is 27.7 Å². The van der Waals surface area contributed by atoms with Gasteiger partial charge in [-0.3, -0.25) is 4.79 Å². The Kier molecular flexibility index (Phi) is 8.13. The second kappa shape index (κ2) is 11.9. The summed E-state index contributed by atoms with van der Waals surface area (Å²) in [7, 11) is 0. The molecule has 13 nitrogen and oxygen atoms in total. The topological polar surface area (TPSA) is 138 Å². The van der Waals surface area contributed by atoms with Crippen molar-refractivity contribution >= 4 is 41.1 Å². The fourth-order valence-electron chi connectivity index (χ4n) is 5.66. The first-order valence-electron chi connectivity index (χ1n) is 14.0. The second-order valence-corrected chi connectivity index (χ2v) is 10.5. The van der Waals surface area contributed by atoms with Crippen molar-refractivity contribution in [1.82, 2.24) is 29.5 Å². The number of carbonyl (C=O) groups excluding carboxylic acids is 2. The van der Waals surface area contributed by atoms with Crippen molar-refractivity contribution in [3.8, 4) is 5.69 Å². The lowest BCUT2D eigenvalue weighted by atomic mass is 10.1. The number of rotatable bonds is 6. The molecule has 2 amide bonds. The van der Waals surface area contributed by atoms with Crippen molar-refractivity contribution in [3.63, 3.8) is 0 Å². The summed E-state index contributed by atoms with van der Waals surface area (Å²) in [6.45, 7) is 12.1. The first-order valence-corrected chi connectivity index (χ1v) is 14.0. The van der Waals surface area contributed by atoms with Crippen LogP contribution >= 0.6 is 0 Å². The van der Waals surface area contributed by atoms with Gasteiger partial charge in [-0.05, 0) is 51.1 Å². The lowest BCUT2D eigenvalue weighted by molar-refractivity contribution is -0.133. The molecule has 218 valence electrons. The SMILES string of the molecule is CCOC(=O)N1CCN(c2ccc(Nc3nc(N)n(-c4ccnc(N5C[C@@H](C)N(C(C)=O)[C@@H](C)C5)c4)n3)cc2)CC1. The Morgan fingerprint density at radius 3 is 2.32 bits per heavy atom. The lowest BCUT2D eigenvalue weighted by Gasteiger charge is -2.44. The Balaban J connectivity index is 1.23. The van der Waals surface area contributed by atoms with Crippen LogP contribution in [0.3, 0.4) is 0 Å². The van der Waals surface area contributed by atoms with Gasteiger partial charge in [0.25, 0.3) is 0 Å². The highest BCUT2D eigenvalue weighted by atomic mass is 16.6. The lowest BCUT2D eigenvalue weighted by Crippen LogP contribution is -2.58. The molecule has 4 heterocycles. The van der Waals surface area contributed by atoms with Crippen LogP contribution in [-0.2, 0) is 9.53 Å². The minimum absolute atomic E-state index is 0.0783. The Labute approximate surface area is 239 Å². The van der Waals surface area contributed by atoms with Crippen molar-refractivity contribution in [2.45, 2.75) is 39.8 Å². The molecule has 3 N–H and O–H groups in total. The summed E-state index contributed by atoms with van der Waals surface area (Å²) in [4.78, 5) is 41.1. The number of nitrogen functional groups attached to an aromatic ring is 1. The first kappa shape index (κ1) is 28.0. The van der Waals surface area contributed by atoms with Gasteiger partial charge in [0.05, 0.1) is 12.3 Å². The summed E-state index contributed by atoms with van der Waals surface area (Å²) in [5.74, 6) is 1.52. The number of nitrogens with one attached hydrogen (secondary N) is 1. The zero-order valence-electron chi connectivity index (χ0n) is 24.0. The normalized spacial score (nSPS) is 19.3. The van der Waals surface area contributed by atoms with Gasteiger partial charge in [-0.2, -0.15) is 9.67 Å². The van der Waals surface area contributed by atoms with E-state index in [2.05, 4.69) is 44.0 Å². The average Bonchev–Trinajstić information content (AvgIpc) is 3.32. The molecule has 2 saturated heterocycles. The van der Waals surface area contributed by atoms with Gasteiger partial charge in [0, 0.05) is 81.9 Å². The smallest absolute Gasteiger partial charge is 0.409 e. The molecule has 0 aliphatic carbocycles. The van der Waals surface area contributed by atoms with Crippen LogP contribution in [0.5, 0.6) is 0 Å². The third kappa shape index (κ3) is 6.13. The molecule has 0 spiro atoms. The third-order valence-electron chi connectivity index (χ3n) is 7.51. The van der Waals surface area contributed by atoms with Crippen molar-refractivity contribution in [1.29, 1.82) is 0 Å². The van der Waals surface area contributed by atoms with E-state index in [1.165, 1.54) is 0 Å². The molecule has 0 bridgehead atoms. The molecule has 0 saturated carbocycles. The molecule has 2 aromatic heterocycles. The Morgan fingerprint density at radius 1 is 1.00 bits per heavy atom. The number of aromatic nitrogens is 4. The van der Waals surface area contributed by atoms with Gasteiger partial charge in [-0.15, -0.1) is 5.10 Å². The largest absolute Gasteiger partial charge is 0.450 e. The highest BCUT2D eigenvalue weighted by Gasteiger charge is 2.31. The van der Waals surface area contributed by atoms with E-state index in [4.69, 9.17) is 10.5 Å². The highest BCUT2D eigenvalue weighted by molar-refractivity contribution is 5.74. The van der Waals surface area contributed by atoms with Crippen LogP contribution in [0.25, 0.3) is 5.69 Å². The third-order valence-corrected chi connectivity index (χ3v) is 7.51. The maximum atomic E-state index is 12.0. The predicted octanol–water partition coefficient (Wildman–Crippen LogP) is 2.71. The molecule has 1 aromatic carbocycles. The van der Waals surface area contributed by atoms with Crippen LogP contribution in [0.4, 0.5) is 33.9 Å². The number of ether oxygens (including phenoxy) is 1. The molecule has 5 rings (SSSR count). The molecular weight excluding hydrogens is 524 g/mol. The van der Waals surface area contributed by atoms with Crippen molar-refractivity contribution < 1.29 is 14.3 Å². The quantitative estimate of drug-likeness (QED) is 0.461. The van der Waals surface area contributed by atoms with E-state index >= 15 is 0 Å². The van der Waals surface area contributed by atoms with Crippen LogP contribution < -0.4 is 20.9 Å². The fraction of sp³-hybridized carbons (Fsp3) is 0.464. The number of hydrogen-bond acceptors (Lipinski definition) is 10. The summed E-state index contributed by atoms with van der Waals surface area (Å²) in [5, 5.41) is 7.82. The van der Waals surface area contributed by atoms with Crippen molar-refractivity contribution in [2.75, 3.05) is 66.7 Å².